The average Bonchev–Trinajstić information content (AvgIpc) is 2.71. The summed E-state index contributed by atoms with van der Waals surface area (Å²) < 4.78 is 10.4. The monoisotopic (exact) mass is 272 g/mol. The number of nitrogens with one attached hydrogen (secondary N) is 1. The molecule has 1 aliphatic heterocycles. The molecule has 112 valence electrons. The van der Waals surface area contributed by atoms with E-state index in [9.17, 15) is 4.79 Å². The number of hydrogen-bond acceptors (Lipinski definition) is 4. The topological polar surface area (TPSA) is 50.8 Å². The Balaban J connectivity index is 2.30. The highest BCUT2D eigenvalue weighted by Gasteiger charge is 2.36. The summed E-state index contributed by atoms with van der Waals surface area (Å²) in [6.07, 6.45) is 4.06. The molecular formula is C14H28N2O3. The van der Waals surface area contributed by atoms with Crippen molar-refractivity contribution < 1.29 is 14.3 Å². The van der Waals surface area contributed by atoms with E-state index in [2.05, 4.69) is 19.2 Å². The molecule has 0 radical (unpaired) electrons. The van der Waals surface area contributed by atoms with Crippen LogP contribution in [-0.4, -0.2) is 56.5 Å². The summed E-state index contributed by atoms with van der Waals surface area (Å²) in [5, 5.41) is 3.42. The Bertz CT molecular complexity index is 261. The van der Waals surface area contributed by atoms with E-state index in [4.69, 9.17) is 9.47 Å². The Morgan fingerprint density at radius 3 is 2.68 bits per heavy atom. The van der Waals surface area contributed by atoms with Crippen molar-refractivity contribution in [3.8, 4) is 0 Å². The first kappa shape index (κ1) is 16.4. The molecule has 0 aromatic heterocycles. The molecule has 1 aliphatic rings. The number of methoxy groups -OCH3 is 1. The highest BCUT2D eigenvalue weighted by Crippen LogP contribution is 2.17. The molecule has 19 heavy (non-hydrogen) atoms. The molecule has 1 rings (SSSR count). The van der Waals surface area contributed by atoms with Gasteiger partial charge in [0, 0.05) is 20.3 Å². The van der Waals surface area contributed by atoms with E-state index in [1.165, 1.54) is 0 Å². The van der Waals surface area contributed by atoms with E-state index in [0.29, 0.717) is 19.8 Å². The van der Waals surface area contributed by atoms with Gasteiger partial charge in [-0.05, 0) is 19.3 Å². The number of carbonyl (C=O) groups excluding carboxylic acids is 1. The summed E-state index contributed by atoms with van der Waals surface area (Å²) >= 11 is 0. The Morgan fingerprint density at radius 2 is 2.05 bits per heavy atom. The van der Waals surface area contributed by atoms with Crippen LogP contribution in [0.3, 0.4) is 0 Å². The number of nitrogens with zero attached hydrogens (tertiary/aromatic N) is 1. The number of amides is 1. The molecule has 0 saturated carbocycles. The molecule has 1 amide bonds. The van der Waals surface area contributed by atoms with Crippen molar-refractivity contribution in [3.63, 3.8) is 0 Å². The minimum atomic E-state index is 0.00552. The van der Waals surface area contributed by atoms with E-state index in [-0.39, 0.29) is 18.1 Å². The summed E-state index contributed by atoms with van der Waals surface area (Å²) in [6, 6.07) is 0.00552. The fourth-order valence-electron chi connectivity index (χ4n) is 2.40. The van der Waals surface area contributed by atoms with Gasteiger partial charge in [0.15, 0.2) is 0 Å². The molecule has 1 N–H and O–H groups in total. The van der Waals surface area contributed by atoms with Crippen molar-refractivity contribution >= 4 is 5.91 Å². The summed E-state index contributed by atoms with van der Waals surface area (Å²) in [4.78, 5) is 14.2. The molecule has 2 unspecified atom stereocenters. The zero-order valence-corrected chi connectivity index (χ0v) is 12.5. The molecule has 1 heterocycles. The van der Waals surface area contributed by atoms with Crippen LogP contribution >= 0.6 is 0 Å². The van der Waals surface area contributed by atoms with Crippen LogP contribution in [-0.2, 0) is 14.3 Å². The molecular weight excluding hydrogens is 244 g/mol. The maximum atomic E-state index is 12.2. The number of carbonyl (C=O) groups is 1. The second-order valence-electron chi connectivity index (χ2n) is 4.92. The van der Waals surface area contributed by atoms with Gasteiger partial charge in [-0.3, -0.25) is 10.1 Å². The Kier molecular flexibility index (Phi) is 8.02. The molecule has 5 nitrogen and oxygen atoms in total. The first-order valence-electron chi connectivity index (χ1n) is 7.37. The van der Waals surface area contributed by atoms with E-state index >= 15 is 0 Å². The SMILES string of the molecule is CCCC1NC(CC)C(=O)N1CCCOCCOC. The largest absolute Gasteiger partial charge is 0.382 e. The van der Waals surface area contributed by atoms with Gasteiger partial charge in [-0.1, -0.05) is 20.3 Å². The van der Waals surface area contributed by atoms with Gasteiger partial charge in [-0.2, -0.15) is 0 Å². The van der Waals surface area contributed by atoms with Crippen LogP contribution in [0.1, 0.15) is 39.5 Å². The lowest BCUT2D eigenvalue weighted by Crippen LogP contribution is -2.38. The van der Waals surface area contributed by atoms with Crippen molar-refractivity contribution in [2.45, 2.75) is 51.7 Å². The quantitative estimate of drug-likeness (QED) is 0.610. The van der Waals surface area contributed by atoms with Gasteiger partial charge in [0.2, 0.25) is 5.91 Å². The molecule has 0 aliphatic carbocycles. The first-order valence-corrected chi connectivity index (χ1v) is 7.37. The third kappa shape index (κ3) is 5.09. The van der Waals surface area contributed by atoms with Crippen molar-refractivity contribution in [1.29, 1.82) is 0 Å². The van der Waals surface area contributed by atoms with Crippen LogP contribution in [0.5, 0.6) is 0 Å². The van der Waals surface area contributed by atoms with Crippen LogP contribution in [0, 0.1) is 0 Å². The lowest BCUT2D eigenvalue weighted by atomic mass is 10.2. The van der Waals surface area contributed by atoms with Crippen molar-refractivity contribution in [1.82, 2.24) is 10.2 Å². The van der Waals surface area contributed by atoms with E-state index in [1.54, 1.807) is 7.11 Å². The van der Waals surface area contributed by atoms with Gasteiger partial charge >= 0.3 is 0 Å². The van der Waals surface area contributed by atoms with Crippen LogP contribution in [0.25, 0.3) is 0 Å². The van der Waals surface area contributed by atoms with Crippen LogP contribution in [0.4, 0.5) is 0 Å². The molecule has 0 spiro atoms. The average molecular weight is 272 g/mol. The Hall–Kier alpha value is -0.650. The molecule has 2 atom stereocenters. The molecule has 0 bridgehead atoms. The van der Waals surface area contributed by atoms with Gasteiger partial charge in [0.25, 0.3) is 0 Å². The number of ether oxygens (including phenoxy) is 2. The van der Waals surface area contributed by atoms with Crippen LogP contribution in [0.2, 0.25) is 0 Å². The van der Waals surface area contributed by atoms with Gasteiger partial charge in [-0.25, -0.2) is 0 Å². The van der Waals surface area contributed by atoms with Crippen LogP contribution < -0.4 is 5.32 Å². The second-order valence-corrected chi connectivity index (χ2v) is 4.92. The third-order valence-corrected chi connectivity index (χ3v) is 3.44. The highest BCUT2D eigenvalue weighted by atomic mass is 16.5. The van der Waals surface area contributed by atoms with Gasteiger partial charge < -0.3 is 14.4 Å². The van der Waals surface area contributed by atoms with E-state index in [0.717, 1.165) is 32.2 Å². The number of hydrogen-bond donors (Lipinski definition) is 1. The standard InChI is InChI=1S/C14H28N2O3/c1-4-7-13-15-12(5-2)14(17)16(13)8-6-9-19-11-10-18-3/h12-13,15H,4-11H2,1-3H3. The second kappa shape index (κ2) is 9.28. The third-order valence-electron chi connectivity index (χ3n) is 3.44. The van der Waals surface area contributed by atoms with Crippen molar-refractivity contribution in [2.75, 3.05) is 33.5 Å². The molecule has 1 saturated heterocycles. The number of rotatable bonds is 10. The highest BCUT2D eigenvalue weighted by molar-refractivity contribution is 5.84. The maximum Gasteiger partial charge on any atom is 0.241 e. The fourth-order valence-corrected chi connectivity index (χ4v) is 2.40. The summed E-state index contributed by atoms with van der Waals surface area (Å²) in [7, 11) is 1.66. The minimum absolute atomic E-state index is 0.00552. The van der Waals surface area contributed by atoms with E-state index in [1.807, 2.05) is 4.90 Å². The Morgan fingerprint density at radius 1 is 1.26 bits per heavy atom. The first-order chi connectivity index (χ1) is 9.24. The summed E-state index contributed by atoms with van der Waals surface area (Å²) in [5.41, 5.74) is 0. The van der Waals surface area contributed by atoms with E-state index < -0.39 is 0 Å². The van der Waals surface area contributed by atoms with Crippen LogP contribution in [0.15, 0.2) is 0 Å². The Labute approximate surface area is 116 Å². The fraction of sp³-hybridized carbons (Fsp3) is 0.929. The molecule has 5 heteroatoms. The zero-order chi connectivity index (χ0) is 14.1. The normalized spacial score (nSPS) is 23.3. The predicted octanol–water partition coefficient (Wildman–Crippen LogP) is 1.38. The minimum Gasteiger partial charge on any atom is -0.382 e. The predicted molar refractivity (Wildman–Crippen MR) is 74.9 cm³/mol. The smallest absolute Gasteiger partial charge is 0.241 e. The summed E-state index contributed by atoms with van der Waals surface area (Å²) in [5.74, 6) is 0.248. The van der Waals surface area contributed by atoms with Crippen molar-refractivity contribution in [2.24, 2.45) is 0 Å². The van der Waals surface area contributed by atoms with Crippen molar-refractivity contribution in [3.05, 3.63) is 0 Å². The van der Waals surface area contributed by atoms with Gasteiger partial charge in [0.05, 0.1) is 25.4 Å². The maximum absolute atomic E-state index is 12.2. The van der Waals surface area contributed by atoms with Gasteiger partial charge in [-0.15, -0.1) is 0 Å². The zero-order valence-electron chi connectivity index (χ0n) is 12.5. The van der Waals surface area contributed by atoms with Gasteiger partial charge in [0.1, 0.15) is 0 Å². The molecule has 1 fully saturated rings. The molecule has 0 aromatic carbocycles. The molecule has 0 aromatic rings. The summed E-state index contributed by atoms with van der Waals surface area (Å²) in [6.45, 7) is 6.91. The lowest BCUT2D eigenvalue weighted by Gasteiger charge is -2.23. The lowest BCUT2D eigenvalue weighted by molar-refractivity contribution is -0.130.